The standard InChI is InChI=1S/C14H20N4O/c1-17-13-3-2-11(10-12(13)16-14(17)19)4-7-18-8-5-15-6-9-18/h2-3,10,15H,4-9H2,1H3,(H,16,19). The van der Waals surface area contributed by atoms with Gasteiger partial charge in [0, 0.05) is 39.8 Å². The molecule has 0 amide bonds. The summed E-state index contributed by atoms with van der Waals surface area (Å²) in [6, 6.07) is 6.25. The molecule has 2 aromatic rings. The number of nitrogens with zero attached hydrogens (tertiary/aromatic N) is 2. The second kappa shape index (κ2) is 5.19. The minimum absolute atomic E-state index is 0.0470. The number of piperazine rings is 1. The summed E-state index contributed by atoms with van der Waals surface area (Å²) in [5, 5.41) is 3.36. The van der Waals surface area contributed by atoms with Crippen molar-refractivity contribution >= 4 is 11.0 Å². The van der Waals surface area contributed by atoms with Crippen molar-refractivity contribution in [2.75, 3.05) is 32.7 Å². The SMILES string of the molecule is Cn1c(=O)[nH]c2cc(CCN3CCNCC3)ccc21. The molecule has 2 N–H and O–H groups in total. The van der Waals surface area contributed by atoms with Crippen molar-refractivity contribution in [2.24, 2.45) is 7.05 Å². The van der Waals surface area contributed by atoms with Crippen LogP contribution in [0.5, 0.6) is 0 Å². The van der Waals surface area contributed by atoms with Gasteiger partial charge in [-0.05, 0) is 24.1 Å². The lowest BCUT2D eigenvalue weighted by Crippen LogP contribution is -2.44. The van der Waals surface area contributed by atoms with E-state index in [4.69, 9.17) is 0 Å². The lowest BCUT2D eigenvalue weighted by Gasteiger charge is -2.27. The largest absolute Gasteiger partial charge is 0.326 e. The van der Waals surface area contributed by atoms with E-state index in [2.05, 4.69) is 27.3 Å². The highest BCUT2D eigenvalue weighted by atomic mass is 16.1. The van der Waals surface area contributed by atoms with Gasteiger partial charge in [-0.15, -0.1) is 0 Å². The van der Waals surface area contributed by atoms with E-state index in [1.807, 2.05) is 6.07 Å². The van der Waals surface area contributed by atoms with Crippen LogP contribution >= 0.6 is 0 Å². The number of benzene rings is 1. The Labute approximate surface area is 112 Å². The van der Waals surface area contributed by atoms with Gasteiger partial charge in [0.25, 0.3) is 0 Å². The Morgan fingerprint density at radius 1 is 1.26 bits per heavy atom. The van der Waals surface area contributed by atoms with Gasteiger partial charge in [-0.1, -0.05) is 6.07 Å². The first-order chi connectivity index (χ1) is 9.24. The number of rotatable bonds is 3. The summed E-state index contributed by atoms with van der Waals surface area (Å²) in [5.74, 6) is 0. The summed E-state index contributed by atoms with van der Waals surface area (Å²) in [6.45, 7) is 5.52. The summed E-state index contributed by atoms with van der Waals surface area (Å²) < 4.78 is 1.65. The van der Waals surface area contributed by atoms with Gasteiger partial charge in [0.1, 0.15) is 0 Å². The summed E-state index contributed by atoms with van der Waals surface area (Å²) in [6.07, 6.45) is 1.03. The molecule has 1 saturated heterocycles. The van der Waals surface area contributed by atoms with Crippen molar-refractivity contribution in [1.82, 2.24) is 19.8 Å². The van der Waals surface area contributed by atoms with Gasteiger partial charge in [0.2, 0.25) is 0 Å². The highest BCUT2D eigenvalue weighted by Gasteiger charge is 2.09. The number of aromatic amines is 1. The highest BCUT2D eigenvalue weighted by Crippen LogP contribution is 2.12. The second-order valence-corrected chi connectivity index (χ2v) is 5.18. The number of aryl methyl sites for hydroxylation is 1. The van der Waals surface area contributed by atoms with Gasteiger partial charge >= 0.3 is 5.69 Å². The number of aromatic nitrogens is 2. The van der Waals surface area contributed by atoms with Gasteiger partial charge < -0.3 is 15.2 Å². The van der Waals surface area contributed by atoms with Crippen LogP contribution < -0.4 is 11.0 Å². The van der Waals surface area contributed by atoms with Crippen LogP contribution in [0.25, 0.3) is 11.0 Å². The molecule has 0 aliphatic carbocycles. The molecule has 1 aliphatic heterocycles. The van der Waals surface area contributed by atoms with Crippen molar-refractivity contribution in [3.63, 3.8) is 0 Å². The summed E-state index contributed by atoms with van der Waals surface area (Å²) >= 11 is 0. The number of H-pyrrole nitrogens is 1. The Kier molecular flexibility index (Phi) is 3.40. The molecule has 1 aliphatic rings. The molecule has 5 heteroatoms. The molecular weight excluding hydrogens is 240 g/mol. The molecule has 5 nitrogen and oxygen atoms in total. The normalized spacial score (nSPS) is 17.1. The van der Waals surface area contributed by atoms with Crippen molar-refractivity contribution < 1.29 is 0 Å². The smallest absolute Gasteiger partial charge is 0.314 e. The fourth-order valence-electron chi connectivity index (χ4n) is 2.66. The molecule has 0 saturated carbocycles. The topological polar surface area (TPSA) is 53.1 Å². The zero-order valence-corrected chi connectivity index (χ0v) is 11.3. The maximum absolute atomic E-state index is 11.5. The molecule has 102 valence electrons. The van der Waals surface area contributed by atoms with Crippen LogP contribution in [0.4, 0.5) is 0 Å². The third-order valence-electron chi connectivity index (χ3n) is 3.89. The molecule has 19 heavy (non-hydrogen) atoms. The van der Waals surface area contributed by atoms with Crippen LogP contribution in [-0.2, 0) is 13.5 Å². The highest BCUT2D eigenvalue weighted by molar-refractivity contribution is 5.75. The van der Waals surface area contributed by atoms with E-state index in [-0.39, 0.29) is 5.69 Å². The summed E-state index contributed by atoms with van der Waals surface area (Å²) in [4.78, 5) is 16.9. The minimum atomic E-state index is -0.0470. The third-order valence-corrected chi connectivity index (χ3v) is 3.89. The second-order valence-electron chi connectivity index (χ2n) is 5.18. The molecule has 0 atom stereocenters. The Morgan fingerprint density at radius 3 is 2.84 bits per heavy atom. The van der Waals surface area contributed by atoms with Crippen LogP contribution in [-0.4, -0.2) is 47.2 Å². The Hall–Kier alpha value is -1.59. The third kappa shape index (κ3) is 2.57. The average molecular weight is 260 g/mol. The van der Waals surface area contributed by atoms with Gasteiger partial charge in [0.15, 0.2) is 0 Å². The number of hydrogen-bond donors (Lipinski definition) is 2. The number of imidazole rings is 1. The average Bonchev–Trinajstić information content (AvgIpc) is 2.73. The van der Waals surface area contributed by atoms with E-state index < -0.39 is 0 Å². The first kappa shape index (κ1) is 12.4. The molecule has 0 bridgehead atoms. The van der Waals surface area contributed by atoms with Gasteiger partial charge in [-0.2, -0.15) is 0 Å². The number of fused-ring (bicyclic) bond motifs is 1. The molecule has 0 spiro atoms. The zero-order chi connectivity index (χ0) is 13.2. The fourth-order valence-corrected chi connectivity index (χ4v) is 2.66. The van der Waals surface area contributed by atoms with Crippen molar-refractivity contribution in [2.45, 2.75) is 6.42 Å². The molecule has 1 aromatic heterocycles. The van der Waals surface area contributed by atoms with E-state index >= 15 is 0 Å². The Morgan fingerprint density at radius 2 is 2.05 bits per heavy atom. The van der Waals surface area contributed by atoms with Crippen LogP contribution in [0.1, 0.15) is 5.56 Å². The quantitative estimate of drug-likeness (QED) is 0.835. The molecule has 2 heterocycles. The number of nitrogens with one attached hydrogen (secondary N) is 2. The van der Waals surface area contributed by atoms with E-state index in [1.54, 1.807) is 11.6 Å². The molecule has 1 fully saturated rings. The fraction of sp³-hybridized carbons (Fsp3) is 0.500. The number of hydrogen-bond acceptors (Lipinski definition) is 3. The lowest BCUT2D eigenvalue weighted by molar-refractivity contribution is 0.244. The molecule has 0 unspecified atom stereocenters. The van der Waals surface area contributed by atoms with Crippen LogP contribution in [0.3, 0.4) is 0 Å². The van der Waals surface area contributed by atoms with Crippen molar-refractivity contribution in [1.29, 1.82) is 0 Å². The molecule has 1 aromatic carbocycles. The first-order valence-corrected chi connectivity index (χ1v) is 6.85. The predicted octanol–water partition coefficient (Wildman–Crippen LogP) is 0.314. The first-order valence-electron chi connectivity index (χ1n) is 6.85. The Balaban J connectivity index is 1.72. The zero-order valence-electron chi connectivity index (χ0n) is 11.3. The van der Waals surface area contributed by atoms with E-state index in [1.165, 1.54) is 5.56 Å². The monoisotopic (exact) mass is 260 g/mol. The van der Waals surface area contributed by atoms with Gasteiger partial charge in [0.05, 0.1) is 11.0 Å². The van der Waals surface area contributed by atoms with E-state index in [0.29, 0.717) is 0 Å². The van der Waals surface area contributed by atoms with E-state index in [9.17, 15) is 4.79 Å². The van der Waals surface area contributed by atoms with Crippen LogP contribution in [0.15, 0.2) is 23.0 Å². The maximum atomic E-state index is 11.5. The van der Waals surface area contributed by atoms with Crippen molar-refractivity contribution in [3.05, 3.63) is 34.2 Å². The summed E-state index contributed by atoms with van der Waals surface area (Å²) in [5.41, 5.74) is 3.14. The summed E-state index contributed by atoms with van der Waals surface area (Å²) in [7, 11) is 1.79. The molecular formula is C14H20N4O. The molecule has 3 rings (SSSR count). The molecule has 0 radical (unpaired) electrons. The maximum Gasteiger partial charge on any atom is 0.326 e. The van der Waals surface area contributed by atoms with Crippen LogP contribution in [0.2, 0.25) is 0 Å². The van der Waals surface area contributed by atoms with Crippen LogP contribution in [0, 0.1) is 0 Å². The van der Waals surface area contributed by atoms with E-state index in [0.717, 1.165) is 50.2 Å². The van der Waals surface area contributed by atoms with Gasteiger partial charge in [-0.3, -0.25) is 4.57 Å². The Bertz CT molecular complexity index is 622. The van der Waals surface area contributed by atoms with Crippen molar-refractivity contribution in [3.8, 4) is 0 Å². The van der Waals surface area contributed by atoms with Gasteiger partial charge in [-0.25, -0.2) is 4.79 Å². The lowest BCUT2D eigenvalue weighted by atomic mass is 10.1. The predicted molar refractivity (Wildman–Crippen MR) is 76.6 cm³/mol. The minimum Gasteiger partial charge on any atom is -0.314 e.